The Hall–Kier alpha value is -4.63. The number of ether oxygens (including phenoxy) is 2. The fraction of sp³-hybridized carbons (Fsp3) is 0.265. The fourth-order valence-corrected chi connectivity index (χ4v) is 6.61. The number of hydrogen-bond donors (Lipinski definition) is 1. The highest BCUT2D eigenvalue weighted by molar-refractivity contribution is 7.22. The summed E-state index contributed by atoms with van der Waals surface area (Å²) in [4.78, 5) is 34.2. The Labute approximate surface area is 253 Å². The van der Waals surface area contributed by atoms with Gasteiger partial charge in [-0.15, -0.1) is 0 Å². The number of furan rings is 1. The highest BCUT2D eigenvalue weighted by Crippen LogP contribution is 2.45. The van der Waals surface area contributed by atoms with Crippen LogP contribution >= 0.6 is 11.3 Å². The topological polar surface area (TPSA) is 102 Å². The van der Waals surface area contributed by atoms with E-state index in [4.69, 9.17) is 18.9 Å². The molecular weight excluding hydrogens is 564 g/mol. The molecule has 1 atom stereocenters. The molecule has 1 aliphatic heterocycles. The molecule has 1 aliphatic rings. The van der Waals surface area contributed by atoms with Gasteiger partial charge in [-0.2, -0.15) is 0 Å². The molecule has 0 aliphatic carbocycles. The quantitative estimate of drug-likeness (QED) is 0.173. The molecule has 8 nitrogen and oxygen atoms in total. The van der Waals surface area contributed by atoms with E-state index >= 15 is 0 Å². The summed E-state index contributed by atoms with van der Waals surface area (Å²) in [5.74, 6) is -0.405. The number of nitrogens with zero attached hydrogens (tertiary/aromatic N) is 2. The summed E-state index contributed by atoms with van der Waals surface area (Å²) in [5.41, 5.74) is 3.74. The van der Waals surface area contributed by atoms with Crippen LogP contribution in [0.5, 0.6) is 11.5 Å². The third kappa shape index (κ3) is 5.14. The van der Waals surface area contributed by atoms with Crippen LogP contribution < -0.4 is 14.4 Å². The molecule has 0 radical (unpaired) electrons. The van der Waals surface area contributed by atoms with Crippen molar-refractivity contribution in [2.45, 2.75) is 40.2 Å². The van der Waals surface area contributed by atoms with E-state index in [1.54, 1.807) is 24.3 Å². The van der Waals surface area contributed by atoms with E-state index < -0.39 is 23.5 Å². The molecule has 3 aromatic carbocycles. The molecule has 2 aromatic heterocycles. The van der Waals surface area contributed by atoms with E-state index in [2.05, 4.69) is 13.8 Å². The number of amides is 1. The van der Waals surface area contributed by atoms with Gasteiger partial charge in [0.25, 0.3) is 5.91 Å². The van der Waals surface area contributed by atoms with Crippen LogP contribution in [0, 0.1) is 19.8 Å². The number of aliphatic hydroxyl groups is 1. The van der Waals surface area contributed by atoms with E-state index in [1.807, 2.05) is 50.2 Å². The largest absolute Gasteiger partial charge is 0.503 e. The normalized spacial score (nSPS) is 15.3. The molecule has 0 fully saturated rings. The van der Waals surface area contributed by atoms with Crippen LogP contribution in [-0.2, 0) is 4.79 Å². The Morgan fingerprint density at radius 3 is 2.67 bits per heavy atom. The molecule has 220 valence electrons. The molecule has 1 N–H and O–H groups in total. The van der Waals surface area contributed by atoms with E-state index in [-0.39, 0.29) is 11.3 Å². The summed E-state index contributed by atoms with van der Waals surface area (Å²) in [7, 11) is 1.52. The SMILES string of the molecule is COc1cccc2cc(C(=O)C3=C(O)C(=O)N(c4nc5c(C)cc(C)cc5s4)C3c3cccc(OCCC(C)C)c3)oc12. The molecule has 0 bridgehead atoms. The molecule has 3 heterocycles. The van der Waals surface area contributed by atoms with Gasteiger partial charge in [0.2, 0.25) is 5.78 Å². The summed E-state index contributed by atoms with van der Waals surface area (Å²) in [5, 5.41) is 12.4. The highest BCUT2D eigenvalue weighted by Gasteiger charge is 2.47. The number of carbonyl (C=O) groups is 2. The zero-order chi connectivity index (χ0) is 30.4. The lowest BCUT2D eigenvalue weighted by atomic mass is 9.95. The number of hydrogen-bond acceptors (Lipinski definition) is 8. The van der Waals surface area contributed by atoms with Crippen LogP contribution in [0.15, 0.2) is 76.4 Å². The minimum Gasteiger partial charge on any atom is -0.503 e. The first-order chi connectivity index (χ1) is 20.7. The Balaban J connectivity index is 1.48. The number of anilines is 1. The summed E-state index contributed by atoms with van der Waals surface area (Å²) < 4.78 is 18.3. The first kappa shape index (κ1) is 28.5. The standard InChI is InChI=1S/C34H32N2O6S/c1-18(2)12-13-41-23-10-6-8-21(16-23)29-27(30(37)25-17-22-9-7-11-24(40-5)32(22)42-25)31(38)33(39)36(29)34-35-28-20(4)14-19(3)15-26(28)43-34/h6-11,14-18,29,38H,12-13H2,1-5H3. The maximum absolute atomic E-state index is 14.2. The first-order valence-electron chi connectivity index (χ1n) is 14.1. The van der Waals surface area contributed by atoms with Crippen LogP contribution in [0.1, 0.15) is 53.6 Å². The fourth-order valence-electron chi connectivity index (χ4n) is 5.44. The molecule has 1 unspecified atom stereocenters. The van der Waals surface area contributed by atoms with E-state index in [1.165, 1.54) is 23.3 Å². The molecule has 5 aromatic rings. The summed E-state index contributed by atoms with van der Waals surface area (Å²) in [6.07, 6.45) is 0.878. The second-order valence-corrected chi connectivity index (χ2v) is 12.2. The molecule has 0 spiro atoms. The lowest BCUT2D eigenvalue weighted by molar-refractivity contribution is -0.117. The summed E-state index contributed by atoms with van der Waals surface area (Å²) in [6, 6.07) is 17.3. The number of aromatic nitrogens is 1. The number of ketones is 1. The van der Waals surface area contributed by atoms with Crippen molar-refractivity contribution in [3.63, 3.8) is 0 Å². The third-order valence-electron chi connectivity index (χ3n) is 7.57. The number of aliphatic hydroxyl groups excluding tert-OH is 1. The molecular formula is C34H32N2O6S. The number of thiazole rings is 1. The maximum atomic E-state index is 14.2. The zero-order valence-corrected chi connectivity index (χ0v) is 25.5. The summed E-state index contributed by atoms with van der Waals surface area (Å²) in [6.45, 7) is 8.76. The Morgan fingerprint density at radius 2 is 1.91 bits per heavy atom. The van der Waals surface area contributed by atoms with Crippen LogP contribution in [-0.4, -0.2) is 35.5 Å². The van der Waals surface area contributed by atoms with Gasteiger partial charge in [0.1, 0.15) is 5.75 Å². The zero-order valence-electron chi connectivity index (χ0n) is 24.6. The van der Waals surface area contributed by atoms with Gasteiger partial charge in [-0.1, -0.05) is 55.5 Å². The van der Waals surface area contributed by atoms with E-state index in [0.717, 1.165) is 27.8 Å². The average Bonchev–Trinajstić information content (AvgIpc) is 3.67. The number of aryl methyl sites for hydroxylation is 2. The number of rotatable bonds is 9. The van der Waals surface area contributed by atoms with Crippen LogP contribution in [0.25, 0.3) is 21.2 Å². The predicted molar refractivity (Wildman–Crippen MR) is 167 cm³/mol. The number of benzene rings is 3. The van der Waals surface area contributed by atoms with Gasteiger partial charge in [-0.25, -0.2) is 4.98 Å². The van der Waals surface area contributed by atoms with Crippen molar-refractivity contribution in [1.29, 1.82) is 0 Å². The predicted octanol–water partition coefficient (Wildman–Crippen LogP) is 7.88. The minimum absolute atomic E-state index is 0.0131. The van der Waals surface area contributed by atoms with Gasteiger partial charge < -0.3 is 19.0 Å². The van der Waals surface area contributed by atoms with Crippen molar-refractivity contribution in [2.24, 2.45) is 5.92 Å². The van der Waals surface area contributed by atoms with Crippen LogP contribution in [0.2, 0.25) is 0 Å². The van der Waals surface area contributed by atoms with E-state index in [0.29, 0.717) is 45.7 Å². The first-order valence-corrected chi connectivity index (χ1v) is 15.0. The Morgan fingerprint density at radius 1 is 1.12 bits per heavy atom. The van der Waals surface area contributed by atoms with Gasteiger partial charge in [0.15, 0.2) is 28.0 Å². The molecule has 0 saturated carbocycles. The lowest BCUT2D eigenvalue weighted by Crippen LogP contribution is -2.31. The van der Waals surface area contributed by atoms with Crippen molar-refractivity contribution in [3.05, 3.63) is 94.4 Å². The maximum Gasteiger partial charge on any atom is 0.296 e. The van der Waals surface area contributed by atoms with Crippen LogP contribution in [0.4, 0.5) is 5.13 Å². The summed E-state index contributed by atoms with van der Waals surface area (Å²) >= 11 is 1.34. The van der Waals surface area contributed by atoms with Crippen molar-refractivity contribution in [1.82, 2.24) is 4.98 Å². The number of carbonyl (C=O) groups excluding carboxylic acids is 2. The second kappa shape index (κ2) is 11.2. The van der Waals surface area contributed by atoms with Crippen molar-refractivity contribution >= 4 is 49.3 Å². The van der Waals surface area contributed by atoms with Gasteiger partial charge in [0, 0.05) is 5.39 Å². The monoisotopic (exact) mass is 596 g/mol. The smallest absolute Gasteiger partial charge is 0.296 e. The number of para-hydroxylation sites is 1. The van der Waals surface area contributed by atoms with Crippen molar-refractivity contribution < 1.29 is 28.6 Å². The van der Waals surface area contributed by atoms with Gasteiger partial charge in [-0.05, 0) is 73.2 Å². The Bertz CT molecular complexity index is 1920. The van der Waals surface area contributed by atoms with Gasteiger partial charge in [0.05, 0.1) is 35.5 Å². The van der Waals surface area contributed by atoms with Crippen LogP contribution in [0.3, 0.4) is 0 Å². The third-order valence-corrected chi connectivity index (χ3v) is 8.57. The second-order valence-electron chi connectivity index (χ2n) is 11.2. The number of methoxy groups -OCH3 is 1. The lowest BCUT2D eigenvalue weighted by Gasteiger charge is -2.24. The minimum atomic E-state index is -0.967. The molecule has 43 heavy (non-hydrogen) atoms. The molecule has 0 saturated heterocycles. The number of fused-ring (bicyclic) bond motifs is 2. The molecule has 9 heteroatoms. The van der Waals surface area contributed by atoms with Gasteiger partial charge >= 0.3 is 0 Å². The van der Waals surface area contributed by atoms with Crippen molar-refractivity contribution in [2.75, 3.05) is 18.6 Å². The van der Waals surface area contributed by atoms with E-state index in [9.17, 15) is 14.7 Å². The Kier molecular flexibility index (Phi) is 7.43. The highest BCUT2D eigenvalue weighted by atomic mass is 32.1. The molecule has 6 rings (SSSR count). The van der Waals surface area contributed by atoms with Gasteiger partial charge in [-0.3, -0.25) is 14.5 Å². The van der Waals surface area contributed by atoms with Crippen molar-refractivity contribution in [3.8, 4) is 11.5 Å². The average molecular weight is 597 g/mol. The number of Topliss-reactive ketones (excluding diaryl/α,β-unsaturated/α-hetero) is 1. The molecule has 1 amide bonds.